The highest BCUT2D eigenvalue weighted by Gasteiger charge is 2.20. The fourth-order valence-corrected chi connectivity index (χ4v) is 2.40. The summed E-state index contributed by atoms with van der Waals surface area (Å²) in [4.78, 5) is 11.6. The molecule has 6 nitrogen and oxygen atoms in total. The molecule has 2 aromatic rings. The van der Waals surface area contributed by atoms with E-state index in [-0.39, 0.29) is 11.0 Å². The number of hydrogen-bond donors (Lipinski definition) is 2. The van der Waals surface area contributed by atoms with E-state index < -0.39 is 0 Å². The Bertz CT molecular complexity index is 810. The summed E-state index contributed by atoms with van der Waals surface area (Å²) in [5.41, 5.74) is 1.19. The van der Waals surface area contributed by atoms with E-state index in [4.69, 9.17) is 26.1 Å². The molecule has 3 rings (SSSR count). The molecule has 0 aliphatic carbocycles. The average Bonchev–Trinajstić information content (AvgIpc) is 3.13. The summed E-state index contributed by atoms with van der Waals surface area (Å²) in [5.74, 6) is 2.17. The van der Waals surface area contributed by atoms with Crippen LogP contribution in [0.2, 0.25) is 0 Å². The van der Waals surface area contributed by atoms with Crippen molar-refractivity contribution >= 4 is 29.3 Å². The van der Waals surface area contributed by atoms with Crippen molar-refractivity contribution in [3.8, 4) is 22.8 Å². The van der Waals surface area contributed by atoms with Crippen LogP contribution >= 0.6 is 12.2 Å². The van der Waals surface area contributed by atoms with E-state index in [2.05, 4.69) is 10.6 Å². The lowest BCUT2D eigenvalue weighted by Crippen LogP contribution is -2.21. The lowest BCUT2D eigenvalue weighted by molar-refractivity contribution is -0.115. The molecule has 0 unspecified atom stereocenters. The van der Waals surface area contributed by atoms with E-state index in [1.165, 1.54) is 0 Å². The maximum Gasteiger partial charge on any atom is 0.274 e. The summed E-state index contributed by atoms with van der Waals surface area (Å²) in [6, 6.07) is 9.09. The van der Waals surface area contributed by atoms with Gasteiger partial charge in [-0.15, -0.1) is 0 Å². The van der Waals surface area contributed by atoms with Gasteiger partial charge in [0.15, 0.2) is 16.6 Å². The third-order valence-electron chi connectivity index (χ3n) is 3.30. The highest BCUT2D eigenvalue weighted by atomic mass is 32.1. The highest BCUT2D eigenvalue weighted by Crippen LogP contribution is 2.33. The highest BCUT2D eigenvalue weighted by molar-refractivity contribution is 7.80. The number of ether oxygens (including phenoxy) is 2. The van der Waals surface area contributed by atoms with Crippen LogP contribution in [0.4, 0.5) is 0 Å². The van der Waals surface area contributed by atoms with Gasteiger partial charge in [0, 0.05) is 11.6 Å². The number of amides is 1. The van der Waals surface area contributed by atoms with Crippen LogP contribution in [0, 0.1) is 0 Å². The van der Waals surface area contributed by atoms with Gasteiger partial charge in [-0.05, 0) is 42.5 Å². The Balaban J connectivity index is 1.89. The van der Waals surface area contributed by atoms with E-state index in [0.717, 1.165) is 5.56 Å². The maximum absolute atomic E-state index is 11.6. The molecule has 0 atom stereocenters. The SMILES string of the molecule is COc1ccc(-c2ccc(/C=C3/NC(=S)NC3=O)o2)cc1OC. The Kier molecular flexibility index (Phi) is 4.03. The first-order valence-electron chi connectivity index (χ1n) is 6.77. The Morgan fingerprint density at radius 3 is 2.52 bits per heavy atom. The quantitative estimate of drug-likeness (QED) is 0.662. The Hall–Kier alpha value is -2.80. The summed E-state index contributed by atoms with van der Waals surface area (Å²) in [5, 5.41) is 5.55. The van der Waals surface area contributed by atoms with Gasteiger partial charge in [0.25, 0.3) is 5.91 Å². The molecule has 0 saturated carbocycles. The van der Waals surface area contributed by atoms with Crippen LogP contribution in [-0.2, 0) is 4.79 Å². The van der Waals surface area contributed by atoms with Crippen molar-refractivity contribution in [3.63, 3.8) is 0 Å². The van der Waals surface area contributed by atoms with Crippen LogP contribution in [0.3, 0.4) is 0 Å². The molecular weight excluding hydrogens is 316 g/mol. The minimum Gasteiger partial charge on any atom is -0.493 e. The molecule has 0 spiro atoms. The van der Waals surface area contributed by atoms with Crippen LogP contribution in [0.25, 0.3) is 17.4 Å². The van der Waals surface area contributed by atoms with Gasteiger partial charge in [0.1, 0.15) is 17.2 Å². The number of nitrogens with one attached hydrogen (secondary N) is 2. The molecule has 1 aliphatic rings. The molecule has 1 saturated heterocycles. The number of methoxy groups -OCH3 is 2. The monoisotopic (exact) mass is 330 g/mol. The minimum absolute atomic E-state index is 0.279. The van der Waals surface area contributed by atoms with E-state index in [9.17, 15) is 4.79 Å². The standard InChI is InChI=1S/C16H14N2O4S/c1-20-13-5-3-9(7-14(13)21-2)12-6-4-10(22-12)8-11-15(19)18-16(23)17-11/h3-8H,1-2H3,(H2,17,18,19,23)/b11-8+. The molecule has 1 aliphatic heterocycles. The molecule has 1 amide bonds. The lowest BCUT2D eigenvalue weighted by Gasteiger charge is -2.08. The maximum atomic E-state index is 11.6. The largest absolute Gasteiger partial charge is 0.493 e. The summed E-state index contributed by atoms with van der Waals surface area (Å²) < 4.78 is 16.2. The molecular formula is C16H14N2O4S. The first-order valence-corrected chi connectivity index (χ1v) is 7.18. The van der Waals surface area contributed by atoms with Crippen LogP contribution in [0.15, 0.2) is 40.4 Å². The van der Waals surface area contributed by atoms with Crippen LogP contribution in [-0.4, -0.2) is 25.2 Å². The van der Waals surface area contributed by atoms with Crippen molar-refractivity contribution in [2.75, 3.05) is 14.2 Å². The van der Waals surface area contributed by atoms with Crippen molar-refractivity contribution < 1.29 is 18.7 Å². The van der Waals surface area contributed by atoms with Crippen molar-refractivity contribution in [2.45, 2.75) is 0 Å². The number of carbonyl (C=O) groups is 1. The molecule has 1 aromatic carbocycles. The second-order valence-corrected chi connectivity index (χ2v) is 5.15. The normalized spacial score (nSPS) is 15.5. The van der Waals surface area contributed by atoms with E-state index in [1.807, 2.05) is 18.2 Å². The van der Waals surface area contributed by atoms with Gasteiger partial charge in [0.05, 0.1) is 14.2 Å². The predicted molar refractivity (Wildman–Crippen MR) is 89.1 cm³/mol. The minimum atomic E-state index is -0.279. The molecule has 1 aromatic heterocycles. The summed E-state index contributed by atoms with van der Waals surface area (Å²) >= 11 is 4.88. The third kappa shape index (κ3) is 3.04. The van der Waals surface area contributed by atoms with E-state index in [1.54, 1.807) is 32.4 Å². The van der Waals surface area contributed by atoms with Gasteiger partial charge < -0.3 is 19.2 Å². The second-order valence-electron chi connectivity index (χ2n) is 4.74. The number of hydrogen-bond acceptors (Lipinski definition) is 5. The number of furan rings is 1. The zero-order valence-corrected chi connectivity index (χ0v) is 13.3. The van der Waals surface area contributed by atoms with Crippen LogP contribution in [0.1, 0.15) is 5.76 Å². The first-order chi connectivity index (χ1) is 11.1. The van der Waals surface area contributed by atoms with Crippen molar-refractivity contribution in [2.24, 2.45) is 0 Å². The molecule has 2 heterocycles. The van der Waals surface area contributed by atoms with Gasteiger partial charge in [0.2, 0.25) is 0 Å². The van der Waals surface area contributed by atoms with Crippen LogP contribution in [0.5, 0.6) is 11.5 Å². The van der Waals surface area contributed by atoms with Crippen molar-refractivity contribution in [1.82, 2.24) is 10.6 Å². The first kappa shape index (κ1) is 15.1. The zero-order valence-electron chi connectivity index (χ0n) is 12.5. The number of thiocarbonyl (C=S) groups is 1. The number of carbonyl (C=O) groups excluding carboxylic acids is 1. The smallest absolute Gasteiger partial charge is 0.274 e. The fourth-order valence-electron chi connectivity index (χ4n) is 2.20. The summed E-state index contributed by atoms with van der Waals surface area (Å²) in [6.45, 7) is 0. The van der Waals surface area contributed by atoms with Crippen molar-refractivity contribution in [1.29, 1.82) is 0 Å². The second kappa shape index (κ2) is 6.13. The van der Waals surface area contributed by atoms with E-state index >= 15 is 0 Å². The predicted octanol–water partition coefficient (Wildman–Crippen LogP) is 2.31. The number of benzene rings is 1. The fraction of sp³-hybridized carbons (Fsp3) is 0.125. The van der Waals surface area contributed by atoms with Gasteiger partial charge in [-0.2, -0.15) is 0 Å². The molecule has 118 valence electrons. The van der Waals surface area contributed by atoms with Crippen LogP contribution < -0.4 is 20.1 Å². The van der Waals surface area contributed by atoms with Gasteiger partial charge in [-0.25, -0.2) is 0 Å². The molecule has 0 radical (unpaired) electrons. The molecule has 2 N–H and O–H groups in total. The van der Waals surface area contributed by atoms with Gasteiger partial charge in [-0.1, -0.05) is 0 Å². The number of rotatable bonds is 4. The zero-order chi connectivity index (χ0) is 16.4. The van der Waals surface area contributed by atoms with E-state index in [0.29, 0.717) is 28.7 Å². The lowest BCUT2D eigenvalue weighted by atomic mass is 10.1. The topological polar surface area (TPSA) is 72.7 Å². The molecule has 0 bridgehead atoms. The van der Waals surface area contributed by atoms with Gasteiger partial charge >= 0.3 is 0 Å². The Morgan fingerprint density at radius 2 is 1.87 bits per heavy atom. The molecule has 7 heteroatoms. The third-order valence-corrected chi connectivity index (χ3v) is 3.51. The molecule has 23 heavy (non-hydrogen) atoms. The Morgan fingerprint density at radius 1 is 1.09 bits per heavy atom. The molecule has 1 fully saturated rings. The average molecular weight is 330 g/mol. The van der Waals surface area contributed by atoms with Crippen molar-refractivity contribution in [3.05, 3.63) is 41.8 Å². The Labute approximate surface area is 138 Å². The summed E-state index contributed by atoms with van der Waals surface area (Å²) in [6.07, 6.45) is 1.60. The summed E-state index contributed by atoms with van der Waals surface area (Å²) in [7, 11) is 3.16. The van der Waals surface area contributed by atoms with Gasteiger partial charge in [-0.3, -0.25) is 10.1 Å².